The average molecular weight is 465 g/mol. The highest BCUT2D eigenvalue weighted by molar-refractivity contribution is 6.22. The van der Waals surface area contributed by atoms with Gasteiger partial charge in [0.15, 0.2) is 6.61 Å². The van der Waals surface area contributed by atoms with Gasteiger partial charge in [0.2, 0.25) is 11.7 Å². The molecule has 34 heavy (non-hydrogen) atoms. The maximum absolute atomic E-state index is 13.0. The molecule has 0 bridgehead atoms. The van der Waals surface area contributed by atoms with E-state index < -0.39 is 18.6 Å². The van der Waals surface area contributed by atoms with Crippen molar-refractivity contribution in [3.63, 3.8) is 0 Å². The number of Topliss-reactive ketones (excluding diaryl/α,β-unsaturated/α-hetero) is 1. The molecule has 2 heterocycles. The molecule has 2 aliphatic heterocycles. The molecular formula is C26H28N2O6. The van der Waals surface area contributed by atoms with Crippen LogP contribution in [0, 0.1) is 5.92 Å². The lowest BCUT2D eigenvalue weighted by Gasteiger charge is -2.33. The molecule has 4 rings (SSSR count). The normalized spacial score (nSPS) is 19.4. The van der Waals surface area contributed by atoms with Crippen LogP contribution in [-0.2, 0) is 14.3 Å². The van der Waals surface area contributed by atoms with Crippen LogP contribution >= 0.6 is 0 Å². The van der Waals surface area contributed by atoms with Crippen molar-refractivity contribution in [3.8, 4) is 5.75 Å². The van der Waals surface area contributed by atoms with Crippen LogP contribution < -0.4 is 9.64 Å². The Kier molecular flexibility index (Phi) is 7.07. The number of methoxy groups -OCH3 is 1. The SMILES string of the molecule is COc1ccccc1C(=O)COC(=O)c1ccc(N2C(=O)CC(N3CCC(C)CC3)C2=O)cc1. The largest absolute Gasteiger partial charge is 0.496 e. The number of esters is 1. The van der Waals surface area contributed by atoms with E-state index >= 15 is 0 Å². The Morgan fingerprint density at radius 3 is 2.35 bits per heavy atom. The van der Waals surface area contributed by atoms with Gasteiger partial charge < -0.3 is 9.47 Å². The van der Waals surface area contributed by atoms with Crippen LogP contribution in [0.2, 0.25) is 0 Å². The number of ether oxygens (including phenoxy) is 2. The first-order valence-electron chi connectivity index (χ1n) is 11.4. The highest BCUT2D eigenvalue weighted by Gasteiger charge is 2.43. The van der Waals surface area contributed by atoms with Gasteiger partial charge in [0.05, 0.1) is 36.4 Å². The number of imide groups is 1. The summed E-state index contributed by atoms with van der Waals surface area (Å²) in [6, 6.07) is 12.4. The first kappa shape index (κ1) is 23.6. The Labute approximate surface area is 198 Å². The van der Waals surface area contributed by atoms with Crippen LogP contribution in [0.1, 0.15) is 46.9 Å². The molecule has 0 aromatic heterocycles. The van der Waals surface area contributed by atoms with Crippen LogP contribution in [0.25, 0.3) is 0 Å². The van der Waals surface area contributed by atoms with Gasteiger partial charge >= 0.3 is 5.97 Å². The van der Waals surface area contributed by atoms with E-state index in [1.807, 2.05) is 0 Å². The summed E-state index contributed by atoms with van der Waals surface area (Å²) in [7, 11) is 1.46. The number of carbonyl (C=O) groups excluding carboxylic acids is 4. The van der Waals surface area contributed by atoms with Crippen LogP contribution in [-0.4, -0.2) is 61.3 Å². The fourth-order valence-corrected chi connectivity index (χ4v) is 4.43. The second-order valence-electron chi connectivity index (χ2n) is 8.75. The number of likely N-dealkylation sites (tertiary alicyclic amines) is 1. The second-order valence-corrected chi connectivity index (χ2v) is 8.75. The summed E-state index contributed by atoms with van der Waals surface area (Å²) in [5.41, 5.74) is 0.971. The number of piperidine rings is 1. The van der Waals surface area contributed by atoms with Crippen LogP contribution in [0.5, 0.6) is 5.75 Å². The summed E-state index contributed by atoms with van der Waals surface area (Å²) >= 11 is 0. The van der Waals surface area contributed by atoms with Gasteiger partial charge in [-0.25, -0.2) is 9.69 Å². The van der Waals surface area contributed by atoms with Gasteiger partial charge in [-0.3, -0.25) is 19.3 Å². The molecule has 2 amide bonds. The van der Waals surface area contributed by atoms with Gasteiger partial charge in [-0.1, -0.05) is 19.1 Å². The Balaban J connectivity index is 1.38. The summed E-state index contributed by atoms with van der Waals surface area (Å²) in [6.45, 7) is 3.40. The van der Waals surface area contributed by atoms with E-state index in [9.17, 15) is 19.2 Å². The monoisotopic (exact) mass is 464 g/mol. The highest BCUT2D eigenvalue weighted by atomic mass is 16.5. The molecule has 0 aliphatic carbocycles. The average Bonchev–Trinajstić information content (AvgIpc) is 3.16. The molecular weight excluding hydrogens is 436 g/mol. The molecule has 2 aromatic carbocycles. The van der Waals surface area contributed by atoms with Gasteiger partial charge in [-0.2, -0.15) is 0 Å². The highest BCUT2D eigenvalue weighted by Crippen LogP contribution is 2.29. The number of hydrogen-bond donors (Lipinski definition) is 0. The number of ketones is 1. The van der Waals surface area contributed by atoms with E-state index in [0.717, 1.165) is 25.9 Å². The van der Waals surface area contributed by atoms with Crippen molar-refractivity contribution in [1.29, 1.82) is 0 Å². The first-order chi connectivity index (χ1) is 16.4. The number of para-hydroxylation sites is 1. The Morgan fingerprint density at radius 1 is 1.00 bits per heavy atom. The first-order valence-corrected chi connectivity index (χ1v) is 11.4. The van der Waals surface area contributed by atoms with Crippen LogP contribution in [0.4, 0.5) is 5.69 Å². The van der Waals surface area contributed by atoms with Gasteiger partial charge in [0, 0.05) is 0 Å². The summed E-state index contributed by atoms with van der Waals surface area (Å²) in [4.78, 5) is 53.7. The maximum atomic E-state index is 13.0. The molecule has 2 fully saturated rings. The predicted octanol–water partition coefficient (Wildman–Crippen LogP) is 3.10. The standard InChI is InChI=1S/C26H28N2O6/c1-17-11-13-27(14-12-17)21-15-24(30)28(25(21)31)19-9-7-18(8-10-19)26(32)34-16-22(29)20-5-3-4-6-23(20)33-2/h3-10,17,21H,11-16H2,1-2H3. The zero-order valence-corrected chi connectivity index (χ0v) is 19.4. The molecule has 0 radical (unpaired) electrons. The molecule has 1 unspecified atom stereocenters. The lowest BCUT2D eigenvalue weighted by molar-refractivity contribution is -0.123. The molecule has 2 aromatic rings. The van der Waals surface area contributed by atoms with Crippen LogP contribution in [0.3, 0.4) is 0 Å². The van der Waals surface area contributed by atoms with E-state index in [-0.39, 0.29) is 29.6 Å². The number of rotatable bonds is 7. The number of amides is 2. The Hall–Kier alpha value is -3.52. The third kappa shape index (κ3) is 4.87. The molecule has 8 heteroatoms. The Morgan fingerprint density at radius 2 is 1.68 bits per heavy atom. The van der Waals surface area contributed by atoms with Gasteiger partial charge in [0.25, 0.3) is 5.91 Å². The van der Waals surface area contributed by atoms with Gasteiger partial charge in [-0.05, 0) is 68.2 Å². The zero-order chi connectivity index (χ0) is 24.2. The quantitative estimate of drug-likeness (QED) is 0.353. The predicted molar refractivity (Wildman–Crippen MR) is 125 cm³/mol. The number of nitrogens with zero attached hydrogens (tertiary/aromatic N) is 2. The molecule has 0 N–H and O–H groups in total. The number of benzene rings is 2. The molecule has 8 nitrogen and oxygen atoms in total. The van der Waals surface area contributed by atoms with Gasteiger partial charge in [0.1, 0.15) is 5.75 Å². The van der Waals surface area contributed by atoms with Crippen molar-refractivity contribution in [3.05, 3.63) is 59.7 Å². The van der Waals surface area contributed by atoms with Crippen molar-refractivity contribution in [1.82, 2.24) is 4.90 Å². The van der Waals surface area contributed by atoms with Crippen LogP contribution in [0.15, 0.2) is 48.5 Å². The lowest BCUT2D eigenvalue weighted by atomic mass is 9.97. The van der Waals surface area contributed by atoms with E-state index in [2.05, 4.69) is 11.8 Å². The van der Waals surface area contributed by atoms with E-state index in [4.69, 9.17) is 9.47 Å². The second kappa shape index (κ2) is 10.2. The van der Waals surface area contributed by atoms with Crippen molar-refractivity contribution < 1.29 is 28.7 Å². The molecule has 2 saturated heterocycles. The van der Waals surface area contributed by atoms with E-state index in [1.54, 1.807) is 36.4 Å². The minimum Gasteiger partial charge on any atom is -0.496 e. The fraction of sp³-hybridized carbons (Fsp3) is 0.385. The lowest BCUT2D eigenvalue weighted by Crippen LogP contribution is -2.45. The summed E-state index contributed by atoms with van der Waals surface area (Å²) < 4.78 is 10.3. The summed E-state index contributed by atoms with van der Waals surface area (Å²) in [6.07, 6.45) is 2.21. The topological polar surface area (TPSA) is 93.2 Å². The summed E-state index contributed by atoms with van der Waals surface area (Å²) in [5.74, 6) is -0.478. The smallest absolute Gasteiger partial charge is 0.338 e. The van der Waals surface area contributed by atoms with Crippen molar-refractivity contribution in [2.24, 2.45) is 5.92 Å². The molecule has 178 valence electrons. The minimum atomic E-state index is -0.672. The fourth-order valence-electron chi connectivity index (χ4n) is 4.43. The van der Waals surface area contributed by atoms with Crippen molar-refractivity contribution in [2.45, 2.75) is 32.2 Å². The summed E-state index contributed by atoms with van der Waals surface area (Å²) in [5, 5.41) is 0. The number of hydrogen-bond acceptors (Lipinski definition) is 7. The maximum Gasteiger partial charge on any atom is 0.338 e. The van der Waals surface area contributed by atoms with Crippen molar-refractivity contribution >= 4 is 29.3 Å². The molecule has 0 spiro atoms. The Bertz CT molecular complexity index is 1090. The number of anilines is 1. The minimum absolute atomic E-state index is 0.169. The molecule has 2 aliphatic rings. The molecule has 0 saturated carbocycles. The molecule has 1 atom stereocenters. The zero-order valence-electron chi connectivity index (χ0n) is 19.4. The van der Waals surface area contributed by atoms with Crippen molar-refractivity contribution in [2.75, 3.05) is 31.7 Å². The van der Waals surface area contributed by atoms with E-state index in [0.29, 0.717) is 22.9 Å². The third-order valence-corrected chi connectivity index (χ3v) is 6.48. The van der Waals surface area contributed by atoms with E-state index in [1.165, 1.54) is 24.1 Å². The third-order valence-electron chi connectivity index (χ3n) is 6.48. The number of carbonyl (C=O) groups is 4. The van der Waals surface area contributed by atoms with Gasteiger partial charge in [-0.15, -0.1) is 0 Å².